The van der Waals surface area contributed by atoms with Crippen molar-refractivity contribution in [3.63, 3.8) is 0 Å². The lowest BCUT2D eigenvalue weighted by molar-refractivity contribution is -0.123. The van der Waals surface area contributed by atoms with E-state index in [-0.39, 0.29) is 23.8 Å². The van der Waals surface area contributed by atoms with Gasteiger partial charge < -0.3 is 20.7 Å². The van der Waals surface area contributed by atoms with Gasteiger partial charge in [0.15, 0.2) is 0 Å². The molecule has 0 fully saturated rings. The summed E-state index contributed by atoms with van der Waals surface area (Å²) >= 11 is 6.12. The summed E-state index contributed by atoms with van der Waals surface area (Å²) in [7, 11) is 1.52. The van der Waals surface area contributed by atoms with Gasteiger partial charge in [-0.3, -0.25) is 19.4 Å². The van der Waals surface area contributed by atoms with Gasteiger partial charge in [-0.2, -0.15) is 4.98 Å². The van der Waals surface area contributed by atoms with Crippen LogP contribution in [-0.4, -0.2) is 28.9 Å². The first-order valence-corrected chi connectivity index (χ1v) is 10.1. The van der Waals surface area contributed by atoms with E-state index in [2.05, 4.69) is 25.9 Å². The molecule has 0 saturated heterocycles. The molecule has 164 valence electrons. The Morgan fingerprint density at radius 1 is 1.16 bits per heavy atom. The number of aromatic nitrogens is 2. The summed E-state index contributed by atoms with van der Waals surface area (Å²) in [6, 6.07) is 12.2. The number of hydrogen-bond donors (Lipinski definition) is 4. The molecule has 2 amide bonds. The number of carbonyl (C=O) groups is 2. The molecule has 0 unspecified atom stereocenters. The molecule has 9 nitrogen and oxygen atoms in total. The number of carbonyl (C=O) groups excluding carboxylic acids is 2. The first kappa shape index (κ1) is 21.4. The molecule has 0 radical (unpaired) electrons. The van der Waals surface area contributed by atoms with Crippen LogP contribution in [-0.2, 0) is 9.59 Å². The molecular formula is C22H20ClN5O4. The van der Waals surface area contributed by atoms with Crippen molar-refractivity contribution in [2.75, 3.05) is 23.1 Å². The standard InChI is InChI=1S/C22H20ClN5O4/c1-11-13(23)6-5-8-14(11)24-20(30)12-10-17(29)26-19-18(12)21(31)28-22(27-19)25-15-7-3-4-9-16(15)32-2/h3-9,12H,10H2,1-2H3,(H,24,30)(H3,25,26,27,28,29,31)/t12-/m0/s1. The Morgan fingerprint density at radius 2 is 1.91 bits per heavy atom. The van der Waals surface area contributed by atoms with E-state index in [1.165, 1.54) is 7.11 Å². The Hall–Kier alpha value is -3.85. The van der Waals surface area contributed by atoms with Crippen molar-refractivity contribution in [3.8, 4) is 5.75 Å². The zero-order chi connectivity index (χ0) is 22.8. The molecule has 1 atom stereocenters. The summed E-state index contributed by atoms with van der Waals surface area (Å²) in [6.07, 6.45) is -0.178. The molecule has 1 aliphatic heterocycles. The summed E-state index contributed by atoms with van der Waals surface area (Å²) in [4.78, 5) is 45.1. The van der Waals surface area contributed by atoms with E-state index in [0.29, 0.717) is 27.7 Å². The average Bonchev–Trinajstić information content (AvgIpc) is 2.76. The molecule has 0 saturated carbocycles. The highest BCUT2D eigenvalue weighted by Crippen LogP contribution is 2.32. The summed E-state index contributed by atoms with van der Waals surface area (Å²) < 4.78 is 5.29. The minimum absolute atomic E-state index is 0.0327. The van der Waals surface area contributed by atoms with E-state index in [1.807, 2.05) is 0 Å². The van der Waals surface area contributed by atoms with Gasteiger partial charge in [-0.05, 0) is 36.8 Å². The Bertz CT molecular complexity index is 1270. The number of ether oxygens (including phenoxy) is 1. The Balaban J connectivity index is 1.66. The maximum atomic E-state index is 13.0. The summed E-state index contributed by atoms with van der Waals surface area (Å²) in [5, 5.41) is 8.81. The molecule has 1 aliphatic rings. The number of anilines is 4. The van der Waals surface area contributed by atoms with Gasteiger partial charge in [0.05, 0.1) is 24.3 Å². The van der Waals surface area contributed by atoms with Crippen molar-refractivity contribution >= 4 is 46.6 Å². The maximum Gasteiger partial charge on any atom is 0.258 e. The van der Waals surface area contributed by atoms with Crippen LogP contribution in [0.5, 0.6) is 5.75 Å². The number of halogens is 1. The molecule has 10 heteroatoms. The van der Waals surface area contributed by atoms with E-state index in [4.69, 9.17) is 16.3 Å². The van der Waals surface area contributed by atoms with Gasteiger partial charge in [-0.25, -0.2) is 0 Å². The van der Waals surface area contributed by atoms with Gasteiger partial charge in [0.2, 0.25) is 17.8 Å². The fraction of sp³-hybridized carbons (Fsp3) is 0.182. The lowest BCUT2D eigenvalue weighted by atomic mass is 9.92. The molecule has 1 aromatic heterocycles. The fourth-order valence-corrected chi connectivity index (χ4v) is 3.67. The van der Waals surface area contributed by atoms with Crippen molar-refractivity contribution in [1.82, 2.24) is 9.97 Å². The molecule has 4 N–H and O–H groups in total. The first-order valence-electron chi connectivity index (χ1n) is 9.77. The fourth-order valence-electron chi connectivity index (χ4n) is 3.49. The van der Waals surface area contributed by atoms with Gasteiger partial charge in [-0.15, -0.1) is 0 Å². The number of H-pyrrole nitrogens is 1. The maximum absolute atomic E-state index is 13.0. The number of benzene rings is 2. The molecule has 0 bridgehead atoms. The van der Waals surface area contributed by atoms with Crippen LogP contribution in [0.15, 0.2) is 47.3 Å². The van der Waals surface area contributed by atoms with Crippen molar-refractivity contribution in [2.45, 2.75) is 19.3 Å². The molecule has 32 heavy (non-hydrogen) atoms. The number of para-hydroxylation sites is 2. The largest absolute Gasteiger partial charge is 0.495 e. The predicted molar refractivity (Wildman–Crippen MR) is 122 cm³/mol. The second-order valence-electron chi connectivity index (χ2n) is 7.21. The molecule has 2 heterocycles. The summed E-state index contributed by atoms with van der Waals surface area (Å²) in [6.45, 7) is 1.77. The Kier molecular flexibility index (Phi) is 5.83. The van der Waals surface area contributed by atoms with E-state index in [1.54, 1.807) is 49.4 Å². The van der Waals surface area contributed by atoms with Gasteiger partial charge in [0, 0.05) is 17.1 Å². The Morgan fingerprint density at radius 3 is 2.69 bits per heavy atom. The van der Waals surface area contributed by atoms with E-state index in [9.17, 15) is 14.4 Å². The SMILES string of the molecule is COc1ccccc1Nc1nc2c(c(=O)[nH]1)[C@@H](C(=O)Nc1cccc(Cl)c1C)CC(=O)N2. The van der Waals surface area contributed by atoms with Crippen molar-refractivity contribution in [3.05, 3.63) is 69.0 Å². The van der Waals surface area contributed by atoms with Crippen molar-refractivity contribution < 1.29 is 14.3 Å². The number of rotatable bonds is 5. The topological polar surface area (TPSA) is 125 Å². The lowest BCUT2D eigenvalue weighted by Crippen LogP contribution is -2.36. The first-order chi connectivity index (χ1) is 15.4. The van der Waals surface area contributed by atoms with Crippen LogP contribution in [0, 0.1) is 6.92 Å². The molecule has 0 spiro atoms. The van der Waals surface area contributed by atoms with Crippen LogP contribution in [0.1, 0.15) is 23.5 Å². The highest BCUT2D eigenvalue weighted by molar-refractivity contribution is 6.31. The van der Waals surface area contributed by atoms with Crippen LogP contribution < -0.4 is 26.2 Å². The van der Waals surface area contributed by atoms with Crippen molar-refractivity contribution in [1.29, 1.82) is 0 Å². The zero-order valence-corrected chi connectivity index (χ0v) is 18.0. The van der Waals surface area contributed by atoms with E-state index < -0.39 is 23.3 Å². The smallest absolute Gasteiger partial charge is 0.258 e. The van der Waals surface area contributed by atoms with Crippen LogP contribution in [0.4, 0.5) is 23.1 Å². The van der Waals surface area contributed by atoms with Gasteiger partial charge >= 0.3 is 0 Å². The van der Waals surface area contributed by atoms with Crippen molar-refractivity contribution in [2.24, 2.45) is 0 Å². The van der Waals surface area contributed by atoms with Crippen LogP contribution in [0.25, 0.3) is 0 Å². The number of methoxy groups -OCH3 is 1. The number of fused-ring (bicyclic) bond motifs is 1. The van der Waals surface area contributed by atoms with Crippen LogP contribution in [0.2, 0.25) is 5.02 Å². The van der Waals surface area contributed by atoms with Gasteiger partial charge in [0.25, 0.3) is 5.56 Å². The highest BCUT2D eigenvalue weighted by atomic mass is 35.5. The third-order valence-corrected chi connectivity index (χ3v) is 5.56. The second kappa shape index (κ2) is 8.72. The predicted octanol–water partition coefficient (Wildman–Crippen LogP) is 3.55. The number of aromatic amines is 1. The minimum Gasteiger partial charge on any atom is -0.495 e. The summed E-state index contributed by atoms with van der Waals surface area (Å²) in [5.74, 6) is -1.23. The third-order valence-electron chi connectivity index (χ3n) is 5.15. The zero-order valence-electron chi connectivity index (χ0n) is 17.3. The van der Waals surface area contributed by atoms with Gasteiger partial charge in [0.1, 0.15) is 11.6 Å². The van der Waals surface area contributed by atoms with Crippen LogP contribution in [0.3, 0.4) is 0 Å². The number of nitrogens with one attached hydrogen (secondary N) is 4. The normalized spacial score (nSPS) is 14.8. The lowest BCUT2D eigenvalue weighted by Gasteiger charge is -2.24. The second-order valence-corrected chi connectivity index (χ2v) is 7.62. The number of nitrogens with zero attached hydrogens (tertiary/aromatic N) is 1. The number of amides is 2. The average molecular weight is 454 g/mol. The molecule has 3 aromatic rings. The quantitative estimate of drug-likeness (QED) is 0.468. The highest BCUT2D eigenvalue weighted by Gasteiger charge is 2.35. The monoisotopic (exact) mass is 453 g/mol. The molecule has 4 rings (SSSR count). The van der Waals surface area contributed by atoms with Gasteiger partial charge in [-0.1, -0.05) is 29.8 Å². The third kappa shape index (κ3) is 4.15. The molecular weight excluding hydrogens is 434 g/mol. The number of hydrogen-bond acceptors (Lipinski definition) is 6. The molecule has 0 aliphatic carbocycles. The van der Waals surface area contributed by atoms with E-state index >= 15 is 0 Å². The minimum atomic E-state index is -1.01. The van der Waals surface area contributed by atoms with Crippen LogP contribution >= 0.6 is 11.6 Å². The Labute approximate surface area is 188 Å². The molecule has 2 aromatic carbocycles. The summed E-state index contributed by atoms with van der Waals surface area (Å²) in [5.41, 5.74) is 1.33. The van der Waals surface area contributed by atoms with E-state index in [0.717, 1.165) is 0 Å².